The zero-order valence-electron chi connectivity index (χ0n) is 12.7. The zero-order chi connectivity index (χ0) is 15.4. The molecule has 0 saturated heterocycles. The molecule has 6 heteroatoms. The van der Waals surface area contributed by atoms with Crippen LogP contribution in [0.1, 0.15) is 25.3 Å². The SMILES string of the molecule is CCCNC1CC(Oc2cccc([N+](=O)[O-])c2C)C1OC. The quantitative estimate of drug-likeness (QED) is 0.617. The lowest BCUT2D eigenvalue weighted by atomic mass is 9.85. The summed E-state index contributed by atoms with van der Waals surface area (Å²) in [6, 6.07) is 5.19. The van der Waals surface area contributed by atoms with E-state index < -0.39 is 0 Å². The fourth-order valence-electron chi connectivity index (χ4n) is 2.63. The molecule has 1 aliphatic rings. The maximum atomic E-state index is 10.9. The molecule has 21 heavy (non-hydrogen) atoms. The number of nitro benzene ring substituents is 1. The standard InChI is InChI=1S/C15H22N2O4/c1-4-8-16-11-9-14(15(11)20-3)21-13-7-5-6-12(10(13)2)17(18)19/h5-7,11,14-16H,4,8-9H2,1-3H3. The van der Waals surface area contributed by atoms with E-state index in [-0.39, 0.29) is 22.8 Å². The predicted molar refractivity (Wildman–Crippen MR) is 79.7 cm³/mol. The Kier molecular flexibility index (Phi) is 5.14. The van der Waals surface area contributed by atoms with Crippen LogP contribution >= 0.6 is 0 Å². The van der Waals surface area contributed by atoms with Crippen LogP contribution in [0.3, 0.4) is 0 Å². The van der Waals surface area contributed by atoms with Gasteiger partial charge < -0.3 is 14.8 Å². The lowest BCUT2D eigenvalue weighted by Gasteiger charge is -2.43. The van der Waals surface area contributed by atoms with Crippen molar-refractivity contribution in [2.45, 2.75) is 44.9 Å². The molecule has 3 unspecified atom stereocenters. The molecule has 0 radical (unpaired) electrons. The maximum absolute atomic E-state index is 10.9. The van der Waals surface area contributed by atoms with Gasteiger partial charge in [-0.2, -0.15) is 0 Å². The minimum Gasteiger partial charge on any atom is -0.487 e. The van der Waals surface area contributed by atoms with E-state index in [9.17, 15) is 10.1 Å². The summed E-state index contributed by atoms with van der Waals surface area (Å²) in [5.74, 6) is 0.560. The van der Waals surface area contributed by atoms with Crippen LogP contribution in [-0.2, 0) is 4.74 Å². The van der Waals surface area contributed by atoms with E-state index in [0.29, 0.717) is 17.4 Å². The first-order chi connectivity index (χ1) is 10.1. The Hall–Kier alpha value is -1.66. The number of rotatable bonds is 7. The van der Waals surface area contributed by atoms with Crippen LogP contribution in [0.15, 0.2) is 18.2 Å². The Labute approximate surface area is 124 Å². The van der Waals surface area contributed by atoms with Crippen LogP contribution in [0.25, 0.3) is 0 Å². The second-order valence-electron chi connectivity index (χ2n) is 5.31. The highest BCUT2D eigenvalue weighted by molar-refractivity contribution is 5.48. The molecular formula is C15H22N2O4. The lowest BCUT2D eigenvalue weighted by molar-refractivity contribution is -0.385. The molecule has 2 rings (SSSR count). The molecule has 116 valence electrons. The van der Waals surface area contributed by atoms with Gasteiger partial charge in [-0.25, -0.2) is 0 Å². The average molecular weight is 294 g/mol. The van der Waals surface area contributed by atoms with E-state index in [1.165, 1.54) is 6.07 Å². The van der Waals surface area contributed by atoms with E-state index in [2.05, 4.69) is 12.2 Å². The molecule has 6 nitrogen and oxygen atoms in total. The first-order valence-corrected chi connectivity index (χ1v) is 7.25. The molecule has 1 aliphatic carbocycles. The van der Waals surface area contributed by atoms with Gasteiger partial charge in [0.15, 0.2) is 0 Å². The van der Waals surface area contributed by atoms with Crippen LogP contribution in [0.2, 0.25) is 0 Å². The van der Waals surface area contributed by atoms with Gasteiger partial charge in [0.25, 0.3) is 5.69 Å². The molecule has 1 aromatic rings. The highest BCUT2D eigenvalue weighted by Gasteiger charge is 2.43. The van der Waals surface area contributed by atoms with Crippen molar-refractivity contribution in [1.82, 2.24) is 5.32 Å². The summed E-state index contributed by atoms with van der Waals surface area (Å²) in [6.45, 7) is 4.78. The molecule has 1 N–H and O–H groups in total. The van der Waals surface area contributed by atoms with Gasteiger partial charge in [-0.15, -0.1) is 0 Å². The van der Waals surface area contributed by atoms with Crippen molar-refractivity contribution >= 4 is 5.69 Å². The van der Waals surface area contributed by atoms with Crippen molar-refractivity contribution in [3.63, 3.8) is 0 Å². The van der Waals surface area contributed by atoms with Crippen molar-refractivity contribution in [3.05, 3.63) is 33.9 Å². The van der Waals surface area contributed by atoms with Crippen LogP contribution in [-0.4, -0.2) is 36.8 Å². The third kappa shape index (κ3) is 3.33. The van der Waals surface area contributed by atoms with E-state index in [1.54, 1.807) is 26.2 Å². The number of methoxy groups -OCH3 is 1. The van der Waals surface area contributed by atoms with Gasteiger partial charge in [-0.05, 0) is 26.0 Å². The number of hydrogen-bond donors (Lipinski definition) is 1. The number of ether oxygens (including phenoxy) is 2. The fraction of sp³-hybridized carbons (Fsp3) is 0.600. The molecule has 1 saturated carbocycles. The monoisotopic (exact) mass is 294 g/mol. The molecule has 0 aliphatic heterocycles. The summed E-state index contributed by atoms with van der Waals surface area (Å²) in [5, 5.41) is 14.4. The van der Waals surface area contributed by atoms with E-state index in [0.717, 1.165) is 19.4 Å². The van der Waals surface area contributed by atoms with Gasteiger partial charge >= 0.3 is 0 Å². The maximum Gasteiger partial charge on any atom is 0.276 e. The number of hydrogen-bond acceptors (Lipinski definition) is 5. The summed E-state index contributed by atoms with van der Waals surface area (Å²) in [6.07, 6.45) is 1.84. The third-order valence-corrected chi connectivity index (χ3v) is 3.91. The van der Waals surface area contributed by atoms with E-state index in [4.69, 9.17) is 9.47 Å². The van der Waals surface area contributed by atoms with E-state index >= 15 is 0 Å². The highest BCUT2D eigenvalue weighted by atomic mass is 16.6. The summed E-state index contributed by atoms with van der Waals surface area (Å²) in [4.78, 5) is 10.6. The Morgan fingerprint density at radius 2 is 2.24 bits per heavy atom. The van der Waals surface area contributed by atoms with Gasteiger partial charge in [0.1, 0.15) is 18.0 Å². The second-order valence-corrected chi connectivity index (χ2v) is 5.31. The molecule has 3 atom stereocenters. The van der Waals surface area contributed by atoms with Crippen LogP contribution in [0.4, 0.5) is 5.69 Å². The van der Waals surface area contributed by atoms with Crippen molar-refractivity contribution in [3.8, 4) is 5.75 Å². The Morgan fingerprint density at radius 1 is 1.48 bits per heavy atom. The van der Waals surface area contributed by atoms with Gasteiger partial charge in [0, 0.05) is 25.6 Å². The largest absolute Gasteiger partial charge is 0.487 e. The van der Waals surface area contributed by atoms with Gasteiger partial charge in [0.05, 0.1) is 10.5 Å². The molecule has 0 aromatic heterocycles. The highest BCUT2D eigenvalue weighted by Crippen LogP contribution is 2.33. The van der Waals surface area contributed by atoms with Crippen molar-refractivity contribution in [1.29, 1.82) is 0 Å². The van der Waals surface area contributed by atoms with Gasteiger partial charge in [-0.3, -0.25) is 10.1 Å². The molecule has 0 heterocycles. The molecule has 0 bridgehead atoms. The second kappa shape index (κ2) is 6.87. The molecule has 1 aromatic carbocycles. The smallest absolute Gasteiger partial charge is 0.276 e. The lowest BCUT2D eigenvalue weighted by Crippen LogP contribution is -2.61. The van der Waals surface area contributed by atoms with Crippen LogP contribution < -0.4 is 10.1 Å². The Bertz CT molecular complexity index is 506. The Balaban J connectivity index is 2.03. The first kappa shape index (κ1) is 15.7. The molecular weight excluding hydrogens is 272 g/mol. The summed E-state index contributed by atoms with van der Waals surface area (Å²) < 4.78 is 11.4. The van der Waals surface area contributed by atoms with Crippen molar-refractivity contribution in [2.75, 3.05) is 13.7 Å². The van der Waals surface area contributed by atoms with Gasteiger partial charge in [0.2, 0.25) is 0 Å². The number of nitrogens with zero attached hydrogens (tertiary/aromatic N) is 1. The number of nitrogens with one attached hydrogen (secondary N) is 1. The van der Waals surface area contributed by atoms with Crippen molar-refractivity contribution < 1.29 is 14.4 Å². The summed E-state index contributed by atoms with van der Waals surface area (Å²) >= 11 is 0. The third-order valence-electron chi connectivity index (χ3n) is 3.91. The minimum absolute atomic E-state index is 0.0183. The first-order valence-electron chi connectivity index (χ1n) is 7.25. The molecule has 1 fully saturated rings. The topological polar surface area (TPSA) is 73.6 Å². The molecule has 0 amide bonds. The Morgan fingerprint density at radius 3 is 2.86 bits per heavy atom. The number of nitro groups is 1. The van der Waals surface area contributed by atoms with Crippen LogP contribution in [0.5, 0.6) is 5.75 Å². The molecule has 0 spiro atoms. The van der Waals surface area contributed by atoms with Crippen molar-refractivity contribution in [2.24, 2.45) is 0 Å². The summed E-state index contributed by atoms with van der Waals surface area (Å²) in [5.41, 5.74) is 0.642. The van der Waals surface area contributed by atoms with Gasteiger partial charge in [-0.1, -0.05) is 13.0 Å². The predicted octanol–water partition coefficient (Wildman–Crippen LogP) is 2.44. The van der Waals surface area contributed by atoms with E-state index in [1.807, 2.05) is 0 Å². The number of benzene rings is 1. The fourth-order valence-corrected chi connectivity index (χ4v) is 2.63. The zero-order valence-corrected chi connectivity index (χ0v) is 12.7. The van der Waals surface area contributed by atoms with Crippen LogP contribution in [0, 0.1) is 17.0 Å². The summed E-state index contributed by atoms with van der Waals surface area (Å²) in [7, 11) is 1.67. The average Bonchev–Trinajstić information content (AvgIpc) is 2.43. The minimum atomic E-state index is -0.387. The normalized spacial score (nSPS) is 24.4.